The van der Waals surface area contributed by atoms with E-state index in [9.17, 15) is 19.5 Å². The zero-order valence-corrected chi connectivity index (χ0v) is 23.2. The van der Waals surface area contributed by atoms with Gasteiger partial charge in [0.1, 0.15) is 6.17 Å². The molecular formula is C30H40F2O5. The molecule has 0 heterocycles. The average Bonchev–Trinajstić information content (AvgIpc) is 3.08. The number of hydrogen-bond donors (Lipinski definition) is 1. The van der Waals surface area contributed by atoms with Gasteiger partial charge in [-0.05, 0) is 67.6 Å². The molecule has 204 valence electrons. The van der Waals surface area contributed by atoms with Crippen LogP contribution < -0.4 is 0 Å². The van der Waals surface area contributed by atoms with E-state index in [1.807, 2.05) is 41.5 Å². The van der Waals surface area contributed by atoms with Gasteiger partial charge in [-0.2, -0.15) is 0 Å². The first kappa shape index (κ1) is 26.7. The number of ketones is 2. The zero-order chi connectivity index (χ0) is 27.7. The fourth-order valence-electron chi connectivity index (χ4n) is 9.57. The number of rotatable bonds is 3. The van der Waals surface area contributed by atoms with Crippen molar-refractivity contribution < 1.29 is 33.0 Å². The SMILES string of the molecule is CC(=O)[C@@]1(OC(=O)C2C(C)(C)C2(C)C)[C@H](C)C[C@H]2[C@@H]3C[C@H](F)C4=CC(=O)C=C[C@]4(C)[C@@]3(F)[C@@H](O)C[C@@]21C. The van der Waals surface area contributed by atoms with Crippen LogP contribution in [0.2, 0.25) is 0 Å². The van der Waals surface area contributed by atoms with Crippen molar-refractivity contribution in [2.24, 2.45) is 45.3 Å². The fourth-order valence-corrected chi connectivity index (χ4v) is 9.57. The van der Waals surface area contributed by atoms with Crippen molar-refractivity contribution in [3.63, 3.8) is 0 Å². The Morgan fingerprint density at radius 2 is 1.65 bits per heavy atom. The Kier molecular flexibility index (Phi) is 5.34. The largest absolute Gasteiger partial charge is 0.450 e. The van der Waals surface area contributed by atoms with Crippen LogP contribution in [0.15, 0.2) is 23.8 Å². The van der Waals surface area contributed by atoms with E-state index in [2.05, 4.69) is 0 Å². The van der Waals surface area contributed by atoms with Gasteiger partial charge in [0.15, 0.2) is 22.8 Å². The first-order valence-electron chi connectivity index (χ1n) is 13.5. The molecule has 0 aliphatic heterocycles. The Hall–Kier alpha value is -1.89. The molecule has 5 aliphatic rings. The molecule has 0 aromatic heterocycles. The average molecular weight is 519 g/mol. The molecule has 4 saturated carbocycles. The van der Waals surface area contributed by atoms with Gasteiger partial charge in [0.2, 0.25) is 0 Å². The number of ether oxygens (including phenoxy) is 1. The van der Waals surface area contributed by atoms with Gasteiger partial charge in [-0.15, -0.1) is 0 Å². The van der Waals surface area contributed by atoms with Gasteiger partial charge >= 0.3 is 5.97 Å². The summed E-state index contributed by atoms with van der Waals surface area (Å²) in [5.74, 6) is -3.41. The highest BCUT2D eigenvalue weighted by Crippen LogP contribution is 2.73. The molecule has 5 nitrogen and oxygen atoms in total. The second-order valence-corrected chi connectivity index (χ2v) is 14.1. The van der Waals surface area contributed by atoms with E-state index in [0.717, 1.165) is 0 Å². The summed E-state index contributed by atoms with van der Waals surface area (Å²) >= 11 is 0. The maximum atomic E-state index is 17.4. The van der Waals surface area contributed by atoms with E-state index >= 15 is 8.78 Å². The van der Waals surface area contributed by atoms with Gasteiger partial charge in [-0.3, -0.25) is 14.4 Å². The smallest absolute Gasteiger partial charge is 0.311 e. The first-order chi connectivity index (χ1) is 16.8. The second-order valence-electron chi connectivity index (χ2n) is 14.1. The lowest BCUT2D eigenvalue weighted by Crippen LogP contribution is -2.70. The van der Waals surface area contributed by atoms with Crippen LogP contribution in [0.1, 0.15) is 74.7 Å². The molecule has 0 aromatic rings. The van der Waals surface area contributed by atoms with E-state index in [-0.39, 0.29) is 40.9 Å². The summed E-state index contributed by atoms with van der Waals surface area (Å²) in [6.45, 7) is 14.6. The van der Waals surface area contributed by atoms with Crippen LogP contribution in [-0.4, -0.2) is 46.2 Å². The fraction of sp³-hybridized carbons (Fsp3) is 0.767. The Labute approximate surface area is 218 Å². The van der Waals surface area contributed by atoms with Crippen LogP contribution >= 0.6 is 0 Å². The summed E-state index contributed by atoms with van der Waals surface area (Å²) in [5.41, 5.74) is -6.88. The molecule has 0 aromatic carbocycles. The third-order valence-electron chi connectivity index (χ3n) is 12.2. The second kappa shape index (κ2) is 7.40. The van der Waals surface area contributed by atoms with Crippen molar-refractivity contribution in [2.75, 3.05) is 0 Å². The number of fused-ring (bicyclic) bond motifs is 5. The monoisotopic (exact) mass is 518 g/mol. The molecule has 0 radical (unpaired) electrons. The topological polar surface area (TPSA) is 80.7 Å². The van der Waals surface area contributed by atoms with Crippen LogP contribution in [0.5, 0.6) is 0 Å². The zero-order valence-electron chi connectivity index (χ0n) is 23.2. The van der Waals surface area contributed by atoms with Crippen molar-refractivity contribution in [3.05, 3.63) is 23.8 Å². The molecule has 0 saturated heterocycles. The molecule has 4 fully saturated rings. The summed E-state index contributed by atoms with van der Waals surface area (Å²) in [6, 6.07) is 0. The molecule has 0 unspecified atom stereocenters. The number of aliphatic hydroxyl groups excluding tert-OH is 1. The number of hydrogen-bond acceptors (Lipinski definition) is 5. The summed E-state index contributed by atoms with van der Waals surface area (Å²) in [6.07, 6.45) is 0.778. The number of carbonyl (C=O) groups excluding carboxylic acids is 3. The van der Waals surface area contributed by atoms with E-state index in [0.29, 0.717) is 6.42 Å². The van der Waals surface area contributed by atoms with Crippen molar-refractivity contribution in [3.8, 4) is 0 Å². The normalized spacial score (nSPS) is 49.4. The number of alkyl halides is 2. The number of aliphatic hydroxyl groups is 1. The van der Waals surface area contributed by atoms with Crippen molar-refractivity contribution in [1.29, 1.82) is 0 Å². The number of halogens is 2. The van der Waals surface area contributed by atoms with Gasteiger partial charge < -0.3 is 9.84 Å². The molecule has 7 heteroatoms. The minimum atomic E-state index is -2.24. The molecule has 0 amide bonds. The van der Waals surface area contributed by atoms with Gasteiger partial charge in [0.25, 0.3) is 0 Å². The lowest BCUT2D eigenvalue weighted by molar-refractivity contribution is -0.231. The maximum Gasteiger partial charge on any atom is 0.311 e. The minimum Gasteiger partial charge on any atom is -0.450 e. The van der Waals surface area contributed by atoms with Crippen molar-refractivity contribution >= 4 is 17.5 Å². The molecule has 0 spiro atoms. The third kappa shape index (κ3) is 2.85. The number of esters is 1. The van der Waals surface area contributed by atoms with Crippen LogP contribution in [0.3, 0.4) is 0 Å². The van der Waals surface area contributed by atoms with E-state index in [4.69, 9.17) is 4.74 Å². The van der Waals surface area contributed by atoms with E-state index < -0.39 is 63.9 Å². The highest BCUT2D eigenvalue weighted by atomic mass is 19.1. The molecular weight excluding hydrogens is 478 g/mol. The molecule has 1 N–H and O–H groups in total. The highest BCUT2D eigenvalue weighted by Gasteiger charge is 2.78. The minimum absolute atomic E-state index is 0.0647. The molecule has 0 bridgehead atoms. The highest BCUT2D eigenvalue weighted by molar-refractivity contribution is 6.01. The van der Waals surface area contributed by atoms with Crippen molar-refractivity contribution in [1.82, 2.24) is 0 Å². The maximum absolute atomic E-state index is 17.4. The lowest BCUT2D eigenvalue weighted by atomic mass is 9.44. The summed E-state index contributed by atoms with van der Waals surface area (Å²) < 4.78 is 39.4. The van der Waals surface area contributed by atoms with E-state index in [1.54, 1.807) is 6.92 Å². The molecule has 37 heavy (non-hydrogen) atoms. The van der Waals surface area contributed by atoms with Crippen LogP contribution in [0, 0.1) is 45.3 Å². The van der Waals surface area contributed by atoms with Crippen LogP contribution in [0.25, 0.3) is 0 Å². The van der Waals surface area contributed by atoms with Gasteiger partial charge in [-0.25, -0.2) is 8.78 Å². The number of allylic oxidation sites excluding steroid dienone is 4. The Bertz CT molecular complexity index is 1140. The Morgan fingerprint density at radius 3 is 2.19 bits per heavy atom. The summed E-state index contributed by atoms with van der Waals surface area (Å²) in [5, 5.41) is 11.6. The molecule has 5 aliphatic carbocycles. The van der Waals surface area contributed by atoms with Gasteiger partial charge in [-0.1, -0.05) is 47.6 Å². The van der Waals surface area contributed by atoms with Crippen molar-refractivity contribution in [2.45, 2.75) is 98.2 Å². The predicted molar refractivity (Wildman–Crippen MR) is 134 cm³/mol. The summed E-state index contributed by atoms with van der Waals surface area (Å²) in [7, 11) is 0. The number of Topliss-reactive ketones (excluding diaryl/α,β-unsaturated/α-hetero) is 1. The van der Waals surface area contributed by atoms with Gasteiger partial charge in [0, 0.05) is 22.7 Å². The number of carbonyl (C=O) groups is 3. The van der Waals surface area contributed by atoms with Gasteiger partial charge in [0.05, 0.1) is 12.0 Å². The third-order valence-corrected chi connectivity index (χ3v) is 12.2. The van der Waals surface area contributed by atoms with Crippen LogP contribution in [0.4, 0.5) is 8.78 Å². The predicted octanol–water partition coefficient (Wildman–Crippen LogP) is 5.10. The lowest BCUT2D eigenvalue weighted by Gasteiger charge is -2.63. The Morgan fingerprint density at radius 1 is 1.05 bits per heavy atom. The molecule has 9 atom stereocenters. The first-order valence-corrected chi connectivity index (χ1v) is 13.5. The molecule has 5 rings (SSSR count). The standard InChI is InChI=1S/C30H40F2O5/c1-15-11-18-19-13-21(31)20-12-17(34)9-10-27(20,7)29(19,32)22(35)14-28(18,8)30(15,16(2)33)37-24(36)23-25(3,4)26(23,5)6/h9-10,12,15,18-19,21-23,35H,11,13-14H2,1-8H3/t15-,18+,19+,21+,22+,27+,28+,29+,30+/m1/s1. The van der Waals surface area contributed by atoms with Crippen LogP contribution in [-0.2, 0) is 19.1 Å². The summed E-state index contributed by atoms with van der Waals surface area (Å²) in [4.78, 5) is 39.1. The quantitative estimate of drug-likeness (QED) is 0.526. The Balaban J connectivity index is 1.59. The van der Waals surface area contributed by atoms with E-state index in [1.165, 1.54) is 25.2 Å².